The molecule has 0 aromatic rings. The van der Waals surface area contributed by atoms with Gasteiger partial charge in [-0.1, -0.05) is 26.7 Å². The Morgan fingerprint density at radius 1 is 0.818 bits per heavy atom. The van der Waals surface area contributed by atoms with Crippen LogP contribution in [0.2, 0.25) is 0 Å². The van der Waals surface area contributed by atoms with E-state index in [9.17, 15) is 9.50 Å². The number of aliphatic hydroxyl groups is 1. The van der Waals surface area contributed by atoms with Crippen molar-refractivity contribution in [3.63, 3.8) is 0 Å². The normalized spacial score (nSPS) is 41.6. The Bertz CT molecular complexity index is 704. The molecule has 0 saturated heterocycles. The Hall–Kier alpha value is -0.810. The van der Waals surface area contributed by atoms with Gasteiger partial charge in [0.15, 0.2) is 6.29 Å². The number of ether oxygens (including phenoxy) is 1. The SMILES string of the molecule is CC[C@@H]1C=C(F)[C@H](O[C@H](O)C2CCC([C@H]3CC[C@@H](C4CCC(C)CC4)C(F)=C3F)CC2)CC1. The van der Waals surface area contributed by atoms with Gasteiger partial charge >= 0.3 is 0 Å². The lowest BCUT2D eigenvalue weighted by Gasteiger charge is -2.40. The van der Waals surface area contributed by atoms with E-state index >= 15 is 8.78 Å². The number of allylic oxidation sites excluding steroid dienone is 3. The first kappa shape index (κ1) is 25.3. The molecule has 0 bridgehead atoms. The van der Waals surface area contributed by atoms with Crippen LogP contribution in [0, 0.1) is 41.4 Å². The average molecular weight is 469 g/mol. The number of rotatable bonds is 6. The Morgan fingerprint density at radius 3 is 1.88 bits per heavy atom. The molecule has 188 valence electrons. The van der Waals surface area contributed by atoms with Crippen LogP contribution in [0.5, 0.6) is 0 Å². The third-order valence-electron chi connectivity index (χ3n) is 9.42. The van der Waals surface area contributed by atoms with E-state index in [1.54, 1.807) is 6.08 Å². The van der Waals surface area contributed by atoms with Gasteiger partial charge in [-0.05, 0) is 100 Å². The Labute approximate surface area is 198 Å². The third-order valence-corrected chi connectivity index (χ3v) is 9.42. The predicted octanol–water partition coefficient (Wildman–Crippen LogP) is 8.17. The maximum Gasteiger partial charge on any atom is 0.158 e. The van der Waals surface area contributed by atoms with Gasteiger partial charge in [0.1, 0.15) is 23.6 Å². The van der Waals surface area contributed by atoms with Crippen LogP contribution in [0.4, 0.5) is 13.2 Å². The molecule has 0 heterocycles. The first-order chi connectivity index (χ1) is 15.9. The second-order valence-corrected chi connectivity index (χ2v) is 11.5. The summed E-state index contributed by atoms with van der Waals surface area (Å²) in [4.78, 5) is 0. The van der Waals surface area contributed by atoms with Crippen molar-refractivity contribution >= 4 is 0 Å². The molecule has 4 rings (SSSR count). The predicted molar refractivity (Wildman–Crippen MR) is 125 cm³/mol. The van der Waals surface area contributed by atoms with Crippen molar-refractivity contribution in [2.45, 2.75) is 110 Å². The fourth-order valence-electron chi connectivity index (χ4n) is 7.03. The van der Waals surface area contributed by atoms with Crippen LogP contribution in [0.1, 0.15) is 97.3 Å². The van der Waals surface area contributed by atoms with Crippen LogP contribution >= 0.6 is 0 Å². The molecule has 5 atom stereocenters. The van der Waals surface area contributed by atoms with E-state index in [-0.39, 0.29) is 35.4 Å². The van der Waals surface area contributed by atoms with E-state index in [0.29, 0.717) is 18.3 Å². The lowest BCUT2D eigenvalue weighted by molar-refractivity contribution is -0.171. The van der Waals surface area contributed by atoms with Gasteiger partial charge in [0.05, 0.1) is 0 Å². The van der Waals surface area contributed by atoms with Crippen molar-refractivity contribution in [1.29, 1.82) is 0 Å². The molecule has 2 fully saturated rings. The summed E-state index contributed by atoms with van der Waals surface area (Å²) in [6, 6.07) is 0. The molecule has 0 aromatic carbocycles. The summed E-state index contributed by atoms with van der Waals surface area (Å²) in [6.45, 7) is 4.30. The molecule has 2 saturated carbocycles. The standard InChI is InChI=1S/C28H43F3O2/c1-3-18-6-15-25(24(29)16-18)33-28(32)21-11-9-20(10-12-21)23-14-13-22(26(30)27(23)31)19-7-4-17(2)5-8-19/h16-23,25,28,32H,3-15H2,1-2H3/t17?,18-,19?,20?,21?,22-,23+,25+,28-/m0/s1. The molecule has 2 nitrogen and oxygen atoms in total. The maximum absolute atomic E-state index is 15.2. The van der Waals surface area contributed by atoms with Gasteiger partial charge in [-0.25, -0.2) is 13.2 Å². The first-order valence-electron chi connectivity index (χ1n) is 13.6. The van der Waals surface area contributed by atoms with Gasteiger partial charge in [0.25, 0.3) is 0 Å². The average Bonchev–Trinajstić information content (AvgIpc) is 2.83. The Balaban J connectivity index is 1.28. The van der Waals surface area contributed by atoms with Gasteiger partial charge in [0, 0.05) is 17.8 Å². The molecule has 0 aliphatic heterocycles. The number of aliphatic hydroxyl groups excluding tert-OH is 1. The highest BCUT2D eigenvalue weighted by Gasteiger charge is 2.41. The molecule has 33 heavy (non-hydrogen) atoms. The molecule has 0 amide bonds. The van der Waals surface area contributed by atoms with Gasteiger partial charge < -0.3 is 9.84 Å². The summed E-state index contributed by atoms with van der Waals surface area (Å²) < 4.78 is 50.3. The van der Waals surface area contributed by atoms with Crippen LogP contribution in [0.25, 0.3) is 0 Å². The summed E-state index contributed by atoms with van der Waals surface area (Å²) in [5, 5.41) is 10.6. The maximum atomic E-state index is 15.2. The van der Waals surface area contributed by atoms with Crippen LogP contribution < -0.4 is 0 Å². The molecule has 0 unspecified atom stereocenters. The molecule has 0 spiro atoms. The Morgan fingerprint density at radius 2 is 1.36 bits per heavy atom. The van der Waals surface area contributed by atoms with Crippen molar-refractivity contribution < 1.29 is 23.0 Å². The van der Waals surface area contributed by atoms with Crippen LogP contribution in [-0.4, -0.2) is 17.5 Å². The first-order valence-corrected chi connectivity index (χ1v) is 13.6. The van der Waals surface area contributed by atoms with E-state index < -0.39 is 24.0 Å². The van der Waals surface area contributed by atoms with E-state index in [4.69, 9.17) is 4.74 Å². The van der Waals surface area contributed by atoms with Crippen LogP contribution in [0.3, 0.4) is 0 Å². The molecule has 4 aliphatic rings. The summed E-state index contributed by atoms with van der Waals surface area (Å²) in [5.74, 6) is -0.380. The molecule has 1 N–H and O–H groups in total. The summed E-state index contributed by atoms with van der Waals surface area (Å²) >= 11 is 0. The van der Waals surface area contributed by atoms with E-state index in [1.807, 2.05) is 0 Å². The minimum absolute atomic E-state index is 0.0598. The molecular weight excluding hydrogens is 425 g/mol. The highest BCUT2D eigenvalue weighted by molar-refractivity contribution is 5.14. The summed E-state index contributed by atoms with van der Waals surface area (Å²) in [5.41, 5.74) is 0. The summed E-state index contributed by atoms with van der Waals surface area (Å²) in [6.07, 6.45) is 11.2. The lowest BCUT2D eigenvalue weighted by Crippen LogP contribution is -2.35. The second-order valence-electron chi connectivity index (χ2n) is 11.5. The van der Waals surface area contributed by atoms with Crippen molar-refractivity contribution in [2.24, 2.45) is 41.4 Å². The minimum Gasteiger partial charge on any atom is -0.368 e. The molecule has 0 radical (unpaired) electrons. The topological polar surface area (TPSA) is 29.5 Å². The minimum atomic E-state index is -0.991. The lowest BCUT2D eigenvalue weighted by atomic mass is 9.67. The van der Waals surface area contributed by atoms with Gasteiger partial charge in [-0.2, -0.15) is 0 Å². The van der Waals surface area contributed by atoms with Gasteiger partial charge in [-0.15, -0.1) is 0 Å². The fourth-order valence-corrected chi connectivity index (χ4v) is 7.03. The summed E-state index contributed by atoms with van der Waals surface area (Å²) in [7, 11) is 0. The number of hydrogen-bond acceptors (Lipinski definition) is 2. The van der Waals surface area contributed by atoms with E-state index in [0.717, 1.165) is 77.0 Å². The largest absolute Gasteiger partial charge is 0.368 e. The highest BCUT2D eigenvalue weighted by atomic mass is 19.2. The van der Waals surface area contributed by atoms with Crippen LogP contribution in [0.15, 0.2) is 23.6 Å². The second kappa shape index (κ2) is 11.3. The van der Waals surface area contributed by atoms with Crippen molar-refractivity contribution in [3.05, 3.63) is 23.6 Å². The number of halogens is 3. The van der Waals surface area contributed by atoms with E-state index in [2.05, 4.69) is 13.8 Å². The smallest absolute Gasteiger partial charge is 0.158 e. The zero-order chi connectivity index (χ0) is 23.5. The Kier molecular flexibility index (Phi) is 8.65. The fraction of sp³-hybridized carbons (Fsp3) is 0.857. The van der Waals surface area contributed by atoms with Crippen molar-refractivity contribution in [2.75, 3.05) is 0 Å². The molecule has 0 aromatic heterocycles. The highest BCUT2D eigenvalue weighted by Crippen LogP contribution is 2.49. The number of hydrogen-bond donors (Lipinski definition) is 1. The molecule has 5 heteroatoms. The van der Waals surface area contributed by atoms with Crippen molar-refractivity contribution in [3.8, 4) is 0 Å². The van der Waals surface area contributed by atoms with E-state index in [1.165, 1.54) is 0 Å². The molecular formula is C28H43F3O2. The third kappa shape index (κ3) is 5.89. The van der Waals surface area contributed by atoms with Crippen molar-refractivity contribution in [1.82, 2.24) is 0 Å². The zero-order valence-electron chi connectivity index (χ0n) is 20.5. The van der Waals surface area contributed by atoms with Gasteiger partial charge in [-0.3, -0.25) is 0 Å². The quantitative estimate of drug-likeness (QED) is 0.398. The zero-order valence-corrected chi connectivity index (χ0v) is 20.5. The monoisotopic (exact) mass is 468 g/mol. The van der Waals surface area contributed by atoms with Crippen LogP contribution in [-0.2, 0) is 4.74 Å². The molecule has 4 aliphatic carbocycles. The van der Waals surface area contributed by atoms with Gasteiger partial charge in [0.2, 0.25) is 0 Å².